The third-order valence-electron chi connectivity index (χ3n) is 3.04. The van der Waals surface area contributed by atoms with E-state index in [9.17, 15) is 13.2 Å². The largest absolute Gasteiger partial charge is 0.356 e. The summed E-state index contributed by atoms with van der Waals surface area (Å²) in [5.41, 5.74) is 0.895. The summed E-state index contributed by atoms with van der Waals surface area (Å²) >= 11 is 11.8. The molecule has 0 aliphatic rings. The van der Waals surface area contributed by atoms with Crippen LogP contribution >= 0.6 is 23.2 Å². The number of benzene rings is 2. The summed E-state index contributed by atoms with van der Waals surface area (Å²) in [5.74, 6) is -0.246. The highest BCUT2D eigenvalue weighted by Crippen LogP contribution is 2.27. The lowest BCUT2D eigenvalue weighted by atomic mass is 10.2. The summed E-state index contributed by atoms with van der Waals surface area (Å²) in [4.78, 5) is 11.2. The first-order valence-electron chi connectivity index (χ1n) is 6.79. The highest BCUT2D eigenvalue weighted by molar-refractivity contribution is 7.92. The van der Waals surface area contributed by atoms with Crippen molar-refractivity contribution >= 4 is 50.9 Å². The molecule has 0 atom stereocenters. The molecule has 0 saturated heterocycles. The molecule has 8 heteroatoms. The van der Waals surface area contributed by atoms with Crippen LogP contribution in [0.4, 0.5) is 5.69 Å². The number of rotatable bonds is 5. The number of halogens is 2. The topological polar surface area (TPSA) is 75.3 Å². The third kappa shape index (κ3) is 4.74. The number of anilines is 1. The molecule has 2 rings (SSSR count). The lowest BCUT2D eigenvalue weighted by molar-refractivity contribution is -0.115. The van der Waals surface area contributed by atoms with E-state index in [1.165, 1.54) is 37.4 Å². The predicted octanol–water partition coefficient (Wildman–Crippen LogP) is 3.55. The number of hydrogen-bond donors (Lipinski definition) is 2. The van der Waals surface area contributed by atoms with E-state index in [-0.39, 0.29) is 21.5 Å². The van der Waals surface area contributed by atoms with Gasteiger partial charge in [-0.15, -0.1) is 0 Å². The zero-order valence-corrected chi connectivity index (χ0v) is 14.9. The van der Waals surface area contributed by atoms with Crippen molar-refractivity contribution in [3.63, 3.8) is 0 Å². The van der Waals surface area contributed by atoms with E-state index in [0.717, 1.165) is 0 Å². The van der Waals surface area contributed by atoms with E-state index in [0.29, 0.717) is 10.6 Å². The predicted molar refractivity (Wildman–Crippen MR) is 96.8 cm³/mol. The molecule has 0 bridgehead atoms. The number of hydrogen-bond acceptors (Lipinski definition) is 3. The van der Waals surface area contributed by atoms with E-state index in [4.69, 9.17) is 23.2 Å². The molecule has 0 radical (unpaired) electrons. The molecule has 0 heterocycles. The number of carbonyl (C=O) groups excluding carboxylic acids is 1. The van der Waals surface area contributed by atoms with E-state index in [1.54, 1.807) is 24.3 Å². The van der Waals surface area contributed by atoms with Crippen molar-refractivity contribution in [3.05, 3.63) is 64.1 Å². The molecule has 1 amide bonds. The second-order valence-electron chi connectivity index (χ2n) is 4.75. The second-order valence-corrected chi connectivity index (χ2v) is 7.27. The Morgan fingerprint density at radius 1 is 1.08 bits per heavy atom. The molecule has 2 aromatic rings. The number of likely N-dealkylation sites (N-methyl/N-ethyl adjacent to an activating group) is 1. The van der Waals surface area contributed by atoms with Gasteiger partial charge in [0.2, 0.25) is 5.91 Å². The number of nitrogens with one attached hydrogen (secondary N) is 2. The van der Waals surface area contributed by atoms with Gasteiger partial charge in [-0.25, -0.2) is 8.42 Å². The highest BCUT2D eigenvalue weighted by atomic mass is 35.5. The average molecular weight is 385 g/mol. The summed E-state index contributed by atoms with van der Waals surface area (Å²) in [6, 6.07) is 10.6. The quantitative estimate of drug-likeness (QED) is 0.773. The summed E-state index contributed by atoms with van der Waals surface area (Å²) in [5, 5.41) is 3.06. The monoisotopic (exact) mass is 384 g/mol. The maximum absolute atomic E-state index is 12.4. The first kappa shape index (κ1) is 18.3. The van der Waals surface area contributed by atoms with Crippen LogP contribution in [0.2, 0.25) is 10.0 Å². The van der Waals surface area contributed by atoms with Gasteiger partial charge in [-0.2, -0.15) is 0 Å². The zero-order valence-electron chi connectivity index (χ0n) is 12.6. The Morgan fingerprint density at radius 2 is 1.75 bits per heavy atom. The fourth-order valence-electron chi connectivity index (χ4n) is 1.79. The van der Waals surface area contributed by atoms with Crippen LogP contribution in [0.5, 0.6) is 0 Å². The van der Waals surface area contributed by atoms with Crippen LogP contribution in [0.15, 0.2) is 53.4 Å². The maximum Gasteiger partial charge on any atom is 0.261 e. The molecule has 0 aliphatic heterocycles. The minimum absolute atomic E-state index is 0.0654. The Kier molecular flexibility index (Phi) is 5.88. The number of carbonyl (C=O) groups is 1. The SMILES string of the molecule is CNC(=O)/C=C/c1ccc(S(=O)(=O)Nc2cc(Cl)ccc2Cl)cc1. The molecule has 0 unspecified atom stereocenters. The standard InChI is InChI=1S/C16H14Cl2N2O3S/c1-19-16(21)9-4-11-2-6-13(7-3-11)24(22,23)20-15-10-12(17)5-8-14(15)18/h2-10,20H,1H3,(H,19,21)/b9-4+. The van der Waals surface area contributed by atoms with Gasteiger partial charge in [0.25, 0.3) is 10.0 Å². The van der Waals surface area contributed by atoms with Gasteiger partial charge < -0.3 is 5.32 Å². The Balaban J connectivity index is 2.22. The van der Waals surface area contributed by atoms with Gasteiger partial charge in [0, 0.05) is 18.1 Å². The van der Waals surface area contributed by atoms with Crippen LogP contribution in [-0.4, -0.2) is 21.4 Å². The maximum atomic E-state index is 12.4. The second kappa shape index (κ2) is 7.70. The molecule has 126 valence electrons. The van der Waals surface area contributed by atoms with Gasteiger partial charge in [-0.3, -0.25) is 9.52 Å². The first-order valence-corrected chi connectivity index (χ1v) is 9.03. The van der Waals surface area contributed by atoms with E-state index in [1.807, 2.05) is 0 Å². The Hall–Kier alpha value is -2.02. The van der Waals surface area contributed by atoms with E-state index >= 15 is 0 Å². The molecule has 0 fully saturated rings. The van der Waals surface area contributed by atoms with Crippen LogP contribution < -0.4 is 10.0 Å². The molecule has 0 spiro atoms. The summed E-state index contributed by atoms with van der Waals surface area (Å²) in [6.07, 6.45) is 2.93. The zero-order chi connectivity index (χ0) is 17.7. The number of amides is 1. The molecule has 0 saturated carbocycles. The number of sulfonamides is 1. The Bertz CT molecular complexity index is 879. The molecule has 2 N–H and O–H groups in total. The van der Waals surface area contributed by atoms with E-state index < -0.39 is 10.0 Å². The molecular weight excluding hydrogens is 371 g/mol. The van der Waals surface area contributed by atoms with Gasteiger partial charge in [0.05, 0.1) is 15.6 Å². The Labute approximate surface area is 150 Å². The van der Waals surface area contributed by atoms with Crippen molar-refractivity contribution in [2.45, 2.75) is 4.90 Å². The van der Waals surface area contributed by atoms with Gasteiger partial charge in [0.1, 0.15) is 0 Å². The van der Waals surface area contributed by atoms with Crippen molar-refractivity contribution in [1.82, 2.24) is 5.32 Å². The summed E-state index contributed by atoms with van der Waals surface area (Å²) in [6.45, 7) is 0. The summed E-state index contributed by atoms with van der Waals surface area (Å²) in [7, 11) is -2.28. The van der Waals surface area contributed by atoms with Crippen LogP contribution in [-0.2, 0) is 14.8 Å². The van der Waals surface area contributed by atoms with Gasteiger partial charge >= 0.3 is 0 Å². The summed E-state index contributed by atoms with van der Waals surface area (Å²) < 4.78 is 27.2. The van der Waals surface area contributed by atoms with Crippen molar-refractivity contribution in [1.29, 1.82) is 0 Å². The van der Waals surface area contributed by atoms with Crippen LogP contribution in [0.25, 0.3) is 6.08 Å². The normalized spacial score (nSPS) is 11.5. The average Bonchev–Trinajstić information content (AvgIpc) is 2.56. The first-order chi connectivity index (χ1) is 11.3. The fourth-order valence-corrected chi connectivity index (χ4v) is 3.26. The third-order valence-corrected chi connectivity index (χ3v) is 4.98. The highest BCUT2D eigenvalue weighted by Gasteiger charge is 2.15. The molecule has 2 aromatic carbocycles. The minimum atomic E-state index is -3.80. The van der Waals surface area contributed by atoms with Crippen LogP contribution in [0.3, 0.4) is 0 Å². The molecule has 0 aliphatic carbocycles. The molecule has 5 nitrogen and oxygen atoms in total. The molecule has 0 aromatic heterocycles. The van der Waals surface area contributed by atoms with Gasteiger partial charge in [0.15, 0.2) is 0 Å². The smallest absolute Gasteiger partial charge is 0.261 e. The van der Waals surface area contributed by atoms with E-state index in [2.05, 4.69) is 10.0 Å². The lowest BCUT2D eigenvalue weighted by Gasteiger charge is -2.10. The molecular formula is C16H14Cl2N2O3S. The van der Waals surface area contributed by atoms with Crippen LogP contribution in [0.1, 0.15) is 5.56 Å². The van der Waals surface area contributed by atoms with Crippen molar-refractivity contribution in [3.8, 4) is 0 Å². The van der Waals surface area contributed by atoms with Crippen molar-refractivity contribution < 1.29 is 13.2 Å². The minimum Gasteiger partial charge on any atom is -0.356 e. The van der Waals surface area contributed by atoms with Crippen LogP contribution in [0, 0.1) is 0 Å². The fraction of sp³-hybridized carbons (Fsp3) is 0.0625. The lowest BCUT2D eigenvalue weighted by Crippen LogP contribution is -2.14. The van der Waals surface area contributed by atoms with Gasteiger partial charge in [-0.1, -0.05) is 35.3 Å². The molecule has 24 heavy (non-hydrogen) atoms. The van der Waals surface area contributed by atoms with Crippen molar-refractivity contribution in [2.24, 2.45) is 0 Å². The van der Waals surface area contributed by atoms with Gasteiger partial charge in [-0.05, 0) is 42.0 Å². The Morgan fingerprint density at radius 3 is 2.38 bits per heavy atom. The van der Waals surface area contributed by atoms with Crippen molar-refractivity contribution in [2.75, 3.05) is 11.8 Å².